The van der Waals surface area contributed by atoms with Crippen molar-refractivity contribution in [2.45, 2.75) is 44.7 Å². The second kappa shape index (κ2) is 9.77. The molecule has 4 aliphatic carbocycles. The number of nitriles is 1. The number of benzene rings is 1. The minimum atomic E-state index is 0.199. The number of aromatic nitrogens is 2. The van der Waals surface area contributed by atoms with Crippen LogP contribution in [0.5, 0.6) is 5.75 Å². The maximum Gasteiger partial charge on any atom is 0.224 e. The van der Waals surface area contributed by atoms with Gasteiger partial charge in [0.15, 0.2) is 0 Å². The first-order chi connectivity index (χ1) is 16.6. The highest BCUT2D eigenvalue weighted by molar-refractivity contribution is 5.53. The van der Waals surface area contributed by atoms with Crippen molar-refractivity contribution >= 4 is 11.8 Å². The van der Waals surface area contributed by atoms with E-state index in [0.29, 0.717) is 48.3 Å². The SMILES string of the molecule is COc1ccccc1CNc1ncc(C#N)c(NC[C@@]23CC4C[C@H](C2)[C@@H](NCCO)[C@@H](C4)C3)n1. The Labute approximate surface area is 201 Å². The third-order valence-corrected chi connectivity index (χ3v) is 8.06. The van der Waals surface area contributed by atoms with Crippen LogP contribution in [0.1, 0.15) is 43.2 Å². The van der Waals surface area contributed by atoms with Crippen molar-refractivity contribution in [1.29, 1.82) is 5.26 Å². The maximum absolute atomic E-state index is 9.63. The van der Waals surface area contributed by atoms with Crippen LogP contribution in [0.25, 0.3) is 0 Å². The largest absolute Gasteiger partial charge is 0.496 e. The number of aliphatic hydroxyl groups excluding tert-OH is 1. The van der Waals surface area contributed by atoms with Gasteiger partial charge in [-0.25, -0.2) is 4.98 Å². The Morgan fingerprint density at radius 2 is 1.97 bits per heavy atom. The average Bonchev–Trinajstić information content (AvgIpc) is 2.85. The molecule has 8 heteroatoms. The third kappa shape index (κ3) is 4.55. The van der Waals surface area contributed by atoms with E-state index in [1.54, 1.807) is 13.3 Å². The summed E-state index contributed by atoms with van der Waals surface area (Å²) in [5, 5.41) is 29.3. The number of nitrogens with one attached hydrogen (secondary N) is 3. The molecule has 2 aromatic rings. The first kappa shape index (κ1) is 22.9. The van der Waals surface area contributed by atoms with Crippen molar-refractivity contribution in [1.82, 2.24) is 15.3 Å². The number of para-hydroxylation sites is 1. The average molecular weight is 463 g/mol. The quantitative estimate of drug-likeness (QED) is 0.426. The van der Waals surface area contributed by atoms with Crippen LogP contribution < -0.4 is 20.7 Å². The highest BCUT2D eigenvalue weighted by Crippen LogP contribution is 2.60. The Hall–Kier alpha value is -2.89. The second-order valence-corrected chi connectivity index (χ2v) is 10.3. The van der Waals surface area contributed by atoms with Crippen LogP contribution in [-0.4, -0.2) is 47.9 Å². The van der Waals surface area contributed by atoms with Crippen LogP contribution in [0.15, 0.2) is 30.5 Å². The van der Waals surface area contributed by atoms with Gasteiger partial charge in [0.2, 0.25) is 5.95 Å². The van der Waals surface area contributed by atoms with Gasteiger partial charge in [-0.15, -0.1) is 0 Å². The van der Waals surface area contributed by atoms with E-state index in [4.69, 9.17) is 4.74 Å². The van der Waals surface area contributed by atoms with Gasteiger partial charge in [-0.1, -0.05) is 18.2 Å². The number of hydrogen-bond donors (Lipinski definition) is 4. The summed E-state index contributed by atoms with van der Waals surface area (Å²) in [6.45, 7) is 2.25. The van der Waals surface area contributed by atoms with Gasteiger partial charge in [0.05, 0.1) is 19.9 Å². The maximum atomic E-state index is 9.63. The van der Waals surface area contributed by atoms with E-state index >= 15 is 0 Å². The molecule has 4 saturated carbocycles. The number of nitrogens with zero attached hydrogens (tertiary/aromatic N) is 3. The van der Waals surface area contributed by atoms with Crippen molar-refractivity contribution in [2.75, 3.05) is 37.4 Å². The van der Waals surface area contributed by atoms with Crippen LogP contribution in [-0.2, 0) is 6.54 Å². The number of methoxy groups -OCH3 is 1. The molecule has 0 spiro atoms. The Bertz CT molecular complexity index is 1040. The molecule has 4 N–H and O–H groups in total. The van der Waals surface area contributed by atoms with Gasteiger partial charge in [-0.05, 0) is 61.3 Å². The highest BCUT2D eigenvalue weighted by atomic mass is 16.5. The number of hydrogen-bond acceptors (Lipinski definition) is 8. The first-order valence-electron chi connectivity index (χ1n) is 12.3. The van der Waals surface area contributed by atoms with Crippen LogP contribution in [0.2, 0.25) is 0 Å². The molecule has 0 saturated heterocycles. The minimum Gasteiger partial charge on any atom is -0.496 e. The zero-order valence-electron chi connectivity index (χ0n) is 19.8. The molecule has 34 heavy (non-hydrogen) atoms. The molecule has 1 aromatic heterocycles. The topological polar surface area (TPSA) is 115 Å². The lowest BCUT2D eigenvalue weighted by Gasteiger charge is -2.60. The molecular weight excluding hydrogens is 428 g/mol. The standard InChI is InChI=1S/C26H34N6O2/c1-34-22-5-3-2-4-18(22)14-29-25-30-15-21(13-27)24(32-25)31-16-26-10-17-8-19(11-26)23(28-6-7-33)20(9-17)12-26/h2-5,15,17,19-20,23,28,33H,6-12,14,16H2,1H3,(H2,29,30,31,32)/t17?,19-,20+,23-,26+. The van der Waals surface area contributed by atoms with Gasteiger partial charge in [-0.2, -0.15) is 10.2 Å². The fourth-order valence-electron chi connectivity index (χ4n) is 6.95. The monoisotopic (exact) mass is 462 g/mol. The van der Waals surface area contributed by atoms with Crippen molar-refractivity contribution in [3.05, 3.63) is 41.6 Å². The molecule has 0 radical (unpaired) electrons. The molecule has 0 amide bonds. The third-order valence-electron chi connectivity index (χ3n) is 8.06. The Morgan fingerprint density at radius 1 is 1.18 bits per heavy atom. The molecule has 4 fully saturated rings. The summed E-state index contributed by atoms with van der Waals surface area (Å²) in [6, 6.07) is 10.6. The van der Waals surface area contributed by atoms with Gasteiger partial charge in [-0.3, -0.25) is 0 Å². The van der Waals surface area contributed by atoms with Crippen molar-refractivity contribution in [2.24, 2.45) is 23.2 Å². The fraction of sp³-hybridized carbons (Fsp3) is 0.577. The molecule has 1 unspecified atom stereocenters. The number of anilines is 2. The van der Waals surface area contributed by atoms with E-state index in [9.17, 15) is 10.4 Å². The molecule has 5 atom stereocenters. The molecule has 180 valence electrons. The molecule has 6 rings (SSSR count). The summed E-state index contributed by atoms with van der Waals surface area (Å²) in [5.74, 6) is 4.06. The summed E-state index contributed by atoms with van der Waals surface area (Å²) >= 11 is 0. The predicted molar refractivity (Wildman–Crippen MR) is 130 cm³/mol. The summed E-state index contributed by atoms with van der Waals surface area (Å²) < 4.78 is 5.43. The molecule has 1 heterocycles. The lowest BCUT2D eigenvalue weighted by atomic mass is 9.48. The zero-order chi connectivity index (χ0) is 23.5. The summed E-state index contributed by atoms with van der Waals surface area (Å²) in [5.41, 5.74) is 1.75. The molecule has 0 aliphatic heterocycles. The van der Waals surface area contributed by atoms with Crippen molar-refractivity contribution in [3.63, 3.8) is 0 Å². The van der Waals surface area contributed by atoms with E-state index < -0.39 is 0 Å². The van der Waals surface area contributed by atoms with Crippen LogP contribution >= 0.6 is 0 Å². The van der Waals surface area contributed by atoms with Gasteiger partial charge in [0.25, 0.3) is 0 Å². The van der Waals surface area contributed by atoms with Gasteiger partial charge in [0, 0.05) is 31.2 Å². The van der Waals surface area contributed by atoms with Gasteiger partial charge in [0.1, 0.15) is 23.2 Å². The smallest absolute Gasteiger partial charge is 0.224 e. The normalized spacial score (nSPS) is 29.0. The van der Waals surface area contributed by atoms with Crippen LogP contribution in [0.4, 0.5) is 11.8 Å². The zero-order valence-corrected chi connectivity index (χ0v) is 19.8. The first-order valence-corrected chi connectivity index (χ1v) is 12.3. The Kier molecular flexibility index (Phi) is 6.57. The lowest BCUT2D eigenvalue weighted by molar-refractivity contribution is -0.0698. The molecule has 4 bridgehead atoms. The molecular formula is C26H34N6O2. The highest BCUT2D eigenvalue weighted by Gasteiger charge is 2.54. The van der Waals surface area contributed by atoms with E-state index in [-0.39, 0.29) is 12.0 Å². The minimum absolute atomic E-state index is 0.199. The number of aliphatic hydroxyl groups is 1. The van der Waals surface area contributed by atoms with E-state index in [2.05, 4.69) is 32.0 Å². The second-order valence-electron chi connectivity index (χ2n) is 10.3. The Morgan fingerprint density at radius 3 is 2.71 bits per heavy atom. The summed E-state index contributed by atoms with van der Waals surface area (Å²) in [7, 11) is 1.66. The van der Waals surface area contributed by atoms with Crippen LogP contribution in [0.3, 0.4) is 0 Å². The molecule has 1 aromatic carbocycles. The van der Waals surface area contributed by atoms with E-state index in [0.717, 1.165) is 23.8 Å². The van der Waals surface area contributed by atoms with Crippen LogP contribution in [0, 0.1) is 34.5 Å². The van der Waals surface area contributed by atoms with E-state index in [1.165, 1.54) is 32.1 Å². The molecule has 4 aliphatic rings. The number of ether oxygens (including phenoxy) is 1. The molecule has 8 nitrogen and oxygen atoms in total. The van der Waals surface area contributed by atoms with Crippen molar-refractivity contribution in [3.8, 4) is 11.8 Å². The van der Waals surface area contributed by atoms with Gasteiger partial charge < -0.3 is 25.8 Å². The predicted octanol–water partition coefficient (Wildman–Crippen LogP) is 3.16. The van der Waals surface area contributed by atoms with Gasteiger partial charge >= 0.3 is 0 Å². The Balaban J connectivity index is 1.26. The number of rotatable bonds is 10. The summed E-state index contributed by atoms with van der Waals surface area (Å²) in [6.07, 6.45) is 7.84. The fourth-order valence-corrected chi connectivity index (χ4v) is 6.95. The lowest BCUT2D eigenvalue weighted by Crippen LogP contribution is -2.60. The summed E-state index contributed by atoms with van der Waals surface area (Å²) in [4.78, 5) is 8.99. The van der Waals surface area contributed by atoms with E-state index in [1.807, 2.05) is 24.3 Å². The van der Waals surface area contributed by atoms with Crippen molar-refractivity contribution < 1.29 is 9.84 Å².